The van der Waals surface area contributed by atoms with Crippen LogP contribution in [0.5, 0.6) is 0 Å². The number of hydrogen-bond donors (Lipinski definition) is 2. The average molecular weight is 432 g/mol. The molecule has 2 aliphatic rings. The summed E-state index contributed by atoms with van der Waals surface area (Å²) < 4.78 is 32.0. The van der Waals surface area contributed by atoms with Crippen LogP contribution in [0.25, 0.3) is 11.1 Å². The van der Waals surface area contributed by atoms with Crippen LogP contribution in [0.3, 0.4) is 0 Å². The second-order valence-electron chi connectivity index (χ2n) is 7.51. The number of rotatable bonds is 6. The van der Waals surface area contributed by atoms with Crippen LogP contribution >= 0.6 is 0 Å². The minimum Gasteiger partial charge on any atom is -0.379 e. The van der Waals surface area contributed by atoms with E-state index < -0.39 is 22.0 Å². The van der Waals surface area contributed by atoms with E-state index >= 15 is 0 Å². The topological polar surface area (TPSA) is 99.2 Å². The molecule has 0 saturated carbocycles. The lowest BCUT2D eigenvalue weighted by atomic mass is 10.0. The highest BCUT2D eigenvalue weighted by Crippen LogP contribution is 2.29. The molecule has 2 heterocycles. The number of benzene rings is 2. The summed E-state index contributed by atoms with van der Waals surface area (Å²) in [4.78, 5) is 14.1. The molecule has 0 aliphatic carbocycles. The highest BCUT2D eigenvalue weighted by molar-refractivity contribution is 7.89. The first-order valence-corrected chi connectivity index (χ1v) is 11.4. The maximum Gasteiger partial charge on any atom is 0.261 e. The summed E-state index contributed by atoms with van der Waals surface area (Å²) in [6.45, 7) is 4.57. The van der Waals surface area contributed by atoms with Crippen LogP contribution in [-0.4, -0.2) is 67.6 Å². The molecule has 1 atom stereocenters. The molecule has 2 N–H and O–H groups in total. The van der Waals surface area contributed by atoms with Crippen molar-refractivity contribution >= 4 is 15.9 Å². The van der Waals surface area contributed by atoms with Gasteiger partial charge in [-0.2, -0.15) is 4.31 Å². The normalized spacial score (nSPS) is 20.5. The molecule has 4 rings (SSSR count). The van der Waals surface area contributed by atoms with Crippen molar-refractivity contribution in [3.8, 4) is 11.1 Å². The molecule has 0 spiro atoms. The molecular formula is C21H25N3O5S. The van der Waals surface area contributed by atoms with E-state index in [4.69, 9.17) is 9.94 Å². The molecule has 30 heavy (non-hydrogen) atoms. The van der Waals surface area contributed by atoms with Crippen molar-refractivity contribution < 1.29 is 23.2 Å². The maximum atomic E-state index is 12.8. The van der Waals surface area contributed by atoms with E-state index in [-0.39, 0.29) is 11.4 Å². The van der Waals surface area contributed by atoms with Crippen molar-refractivity contribution in [1.82, 2.24) is 14.7 Å². The van der Waals surface area contributed by atoms with Gasteiger partial charge in [0.15, 0.2) is 0 Å². The quantitative estimate of drug-likeness (QED) is 0.531. The van der Waals surface area contributed by atoms with Crippen LogP contribution in [0.2, 0.25) is 0 Å². The highest BCUT2D eigenvalue weighted by Gasteiger charge is 2.42. The summed E-state index contributed by atoms with van der Waals surface area (Å²) in [5.74, 6) is -0.710. The predicted octanol–water partition coefficient (Wildman–Crippen LogP) is 1.45. The third-order valence-electron chi connectivity index (χ3n) is 5.64. The number of hydrogen-bond acceptors (Lipinski definition) is 6. The molecule has 0 radical (unpaired) electrons. The van der Waals surface area contributed by atoms with Crippen LogP contribution in [-0.2, 0) is 26.1 Å². The van der Waals surface area contributed by atoms with E-state index in [9.17, 15) is 13.2 Å². The first-order chi connectivity index (χ1) is 14.5. The Morgan fingerprint density at radius 1 is 1.00 bits per heavy atom. The number of morpholine rings is 1. The third kappa shape index (κ3) is 4.26. The van der Waals surface area contributed by atoms with Crippen molar-refractivity contribution in [2.75, 3.05) is 32.8 Å². The van der Waals surface area contributed by atoms with Gasteiger partial charge in [-0.25, -0.2) is 13.9 Å². The van der Waals surface area contributed by atoms with Gasteiger partial charge in [-0.05, 0) is 35.2 Å². The average Bonchev–Trinajstić information content (AvgIpc) is 2.74. The number of carbonyl (C=O) groups excluding carboxylic acids is 1. The van der Waals surface area contributed by atoms with Crippen LogP contribution in [0.4, 0.5) is 0 Å². The van der Waals surface area contributed by atoms with Crippen molar-refractivity contribution in [3.63, 3.8) is 0 Å². The van der Waals surface area contributed by atoms with Gasteiger partial charge in [-0.1, -0.05) is 36.4 Å². The number of nitrogens with zero attached hydrogens (tertiary/aromatic N) is 2. The molecular weight excluding hydrogens is 406 g/mol. The van der Waals surface area contributed by atoms with E-state index in [2.05, 4.69) is 17.0 Å². The Bertz CT molecular complexity index is 986. The molecule has 0 bridgehead atoms. The molecule has 2 aromatic carbocycles. The number of sulfonamides is 1. The number of ether oxygens (including phenoxy) is 1. The Labute approximate surface area is 176 Å². The minimum absolute atomic E-state index is 0.130. The van der Waals surface area contributed by atoms with Gasteiger partial charge < -0.3 is 4.74 Å². The summed E-state index contributed by atoms with van der Waals surface area (Å²) in [7, 11) is -3.78. The van der Waals surface area contributed by atoms with Crippen molar-refractivity contribution in [1.29, 1.82) is 0 Å². The molecule has 160 valence electrons. The zero-order chi connectivity index (χ0) is 21.1. The number of nitrogens with one attached hydrogen (secondary N) is 1. The largest absolute Gasteiger partial charge is 0.379 e. The number of hydroxylamine groups is 1. The predicted molar refractivity (Wildman–Crippen MR) is 110 cm³/mol. The monoisotopic (exact) mass is 431 g/mol. The zero-order valence-electron chi connectivity index (χ0n) is 16.5. The summed E-state index contributed by atoms with van der Waals surface area (Å²) in [5.41, 5.74) is 4.68. The molecule has 0 aromatic heterocycles. The summed E-state index contributed by atoms with van der Waals surface area (Å²) in [6.07, 6.45) is 0.389. The molecule has 9 heteroatoms. The summed E-state index contributed by atoms with van der Waals surface area (Å²) in [5, 5.41) is 8.77. The van der Waals surface area contributed by atoms with Crippen LogP contribution in [0.15, 0.2) is 53.4 Å². The Morgan fingerprint density at radius 3 is 2.13 bits per heavy atom. The highest BCUT2D eigenvalue weighted by atomic mass is 32.2. The van der Waals surface area contributed by atoms with E-state index in [1.54, 1.807) is 24.3 Å². The Hall–Kier alpha value is -2.30. The second kappa shape index (κ2) is 8.83. The maximum absolute atomic E-state index is 12.8. The van der Waals surface area contributed by atoms with Gasteiger partial charge in [0.25, 0.3) is 5.91 Å². The van der Waals surface area contributed by atoms with E-state index in [1.807, 2.05) is 12.1 Å². The fraction of sp³-hybridized carbons (Fsp3) is 0.381. The van der Waals surface area contributed by atoms with Crippen molar-refractivity contribution in [2.24, 2.45) is 0 Å². The van der Waals surface area contributed by atoms with Crippen molar-refractivity contribution in [3.05, 3.63) is 54.1 Å². The first-order valence-electron chi connectivity index (χ1n) is 9.94. The van der Waals surface area contributed by atoms with Gasteiger partial charge in [-0.15, -0.1) is 0 Å². The standard InChI is InChI=1S/C21H25N3O5S/c25-21(22-26)20-9-10-24(20)30(27,28)19-7-5-18(6-8-19)17-3-1-16(2-4-17)15-23-11-13-29-14-12-23/h1-8,20,26H,9-15H2,(H,22,25)/t20-/m0/s1. The lowest BCUT2D eigenvalue weighted by Crippen LogP contribution is -2.57. The van der Waals surface area contributed by atoms with E-state index in [0.717, 1.165) is 48.3 Å². The number of carbonyl (C=O) groups is 1. The minimum atomic E-state index is -3.78. The van der Waals surface area contributed by atoms with Crippen LogP contribution in [0, 0.1) is 0 Å². The zero-order valence-corrected chi connectivity index (χ0v) is 17.3. The third-order valence-corrected chi connectivity index (χ3v) is 7.56. The van der Waals surface area contributed by atoms with Crippen molar-refractivity contribution in [2.45, 2.75) is 23.9 Å². The van der Waals surface area contributed by atoms with Gasteiger partial charge in [-0.3, -0.25) is 14.9 Å². The lowest BCUT2D eigenvalue weighted by molar-refractivity contribution is -0.136. The van der Waals surface area contributed by atoms with Crippen LogP contribution in [0.1, 0.15) is 12.0 Å². The molecule has 0 unspecified atom stereocenters. The van der Waals surface area contributed by atoms with Gasteiger partial charge >= 0.3 is 0 Å². The summed E-state index contributed by atoms with van der Waals surface area (Å²) in [6, 6.07) is 14.0. The molecule has 2 fully saturated rings. The van der Waals surface area contributed by atoms with Gasteiger partial charge in [0.05, 0.1) is 18.1 Å². The smallest absolute Gasteiger partial charge is 0.261 e. The van der Waals surface area contributed by atoms with Gasteiger partial charge in [0, 0.05) is 26.2 Å². The SMILES string of the molecule is O=C(NO)[C@@H]1CCN1S(=O)(=O)c1ccc(-c2ccc(CN3CCOCC3)cc2)cc1. The molecule has 2 aliphatic heterocycles. The van der Waals surface area contributed by atoms with E-state index in [0.29, 0.717) is 6.42 Å². The Kier molecular flexibility index (Phi) is 6.16. The molecule has 8 nitrogen and oxygen atoms in total. The number of amides is 1. The molecule has 2 aromatic rings. The Balaban J connectivity index is 1.45. The fourth-order valence-corrected chi connectivity index (χ4v) is 5.40. The first kappa shape index (κ1) is 21.0. The van der Waals surface area contributed by atoms with Gasteiger partial charge in [0.1, 0.15) is 6.04 Å². The molecule has 1 amide bonds. The van der Waals surface area contributed by atoms with Gasteiger partial charge in [0.2, 0.25) is 10.0 Å². The molecule has 2 saturated heterocycles. The van der Waals surface area contributed by atoms with E-state index in [1.165, 1.54) is 11.0 Å². The fourth-order valence-electron chi connectivity index (χ4n) is 3.76. The Morgan fingerprint density at radius 2 is 1.60 bits per heavy atom. The lowest BCUT2D eigenvalue weighted by Gasteiger charge is -2.37. The van der Waals surface area contributed by atoms with Crippen LogP contribution < -0.4 is 5.48 Å². The summed E-state index contributed by atoms with van der Waals surface area (Å²) >= 11 is 0. The second-order valence-corrected chi connectivity index (χ2v) is 9.40.